The average molecular weight is 369 g/mol. The molecule has 0 aliphatic heterocycles. The van der Waals surface area contributed by atoms with Crippen molar-refractivity contribution in [3.05, 3.63) is 54.1 Å². The molecular weight excluding hydrogens is 346 g/mol. The fourth-order valence-electron chi connectivity index (χ4n) is 3.01. The fourth-order valence-corrected chi connectivity index (χ4v) is 3.01. The summed E-state index contributed by atoms with van der Waals surface area (Å²) >= 11 is 0. The van der Waals surface area contributed by atoms with E-state index >= 15 is 0 Å². The zero-order chi connectivity index (χ0) is 19.2. The summed E-state index contributed by atoms with van der Waals surface area (Å²) in [5.74, 6) is 1.14. The van der Waals surface area contributed by atoms with Crippen molar-refractivity contribution in [2.45, 2.75) is 31.8 Å². The molecule has 1 atom stereocenters. The van der Waals surface area contributed by atoms with Crippen molar-refractivity contribution in [2.24, 2.45) is 0 Å². The molecule has 0 spiro atoms. The first-order valence-electron chi connectivity index (χ1n) is 8.89. The summed E-state index contributed by atoms with van der Waals surface area (Å²) in [7, 11) is 1.63. The molecule has 142 valence electrons. The smallest absolute Gasteiger partial charge is 0.243 e. The maximum Gasteiger partial charge on any atom is 0.243 e. The minimum absolute atomic E-state index is 0.249. The van der Waals surface area contributed by atoms with E-state index in [1.165, 1.54) is 0 Å². The van der Waals surface area contributed by atoms with Crippen molar-refractivity contribution < 1.29 is 24.3 Å². The number of rotatable bonds is 8. The predicted molar refractivity (Wildman–Crippen MR) is 102 cm³/mol. The molecule has 27 heavy (non-hydrogen) atoms. The number of unbranched alkanes of at least 4 members (excludes halogenated alkanes) is 1. The van der Waals surface area contributed by atoms with Gasteiger partial charge in [-0.1, -0.05) is 30.7 Å². The number of methoxy groups -OCH3 is 1. The Balaban J connectivity index is 1.63. The van der Waals surface area contributed by atoms with Crippen LogP contribution in [0.2, 0.25) is 0 Å². The normalized spacial score (nSPS) is 12.1. The quantitative estimate of drug-likeness (QED) is 0.314. The van der Waals surface area contributed by atoms with Gasteiger partial charge in [0.2, 0.25) is 5.91 Å². The van der Waals surface area contributed by atoms with E-state index in [-0.39, 0.29) is 6.42 Å². The van der Waals surface area contributed by atoms with E-state index in [1.54, 1.807) is 12.6 Å². The van der Waals surface area contributed by atoms with E-state index in [0.717, 1.165) is 33.6 Å². The van der Waals surface area contributed by atoms with Crippen LogP contribution in [0, 0.1) is 0 Å². The van der Waals surface area contributed by atoms with E-state index in [9.17, 15) is 9.90 Å². The molecule has 0 aliphatic carbocycles. The second-order valence-corrected chi connectivity index (χ2v) is 6.43. The first-order valence-corrected chi connectivity index (χ1v) is 8.89. The van der Waals surface area contributed by atoms with Gasteiger partial charge in [-0.15, -0.1) is 0 Å². The summed E-state index contributed by atoms with van der Waals surface area (Å²) in [5.41, 5.74) is 4.15. The largest absolute Gasteiger partial charge is 0.497 e. The van der Waals surface area contributed by atoms with Gasteiger partial charge in [0.1, 0.15) is 17.1 Å². The molecule has 1 amide bonds. The first kappa shape index (κ1) is 18.9. The molecule has 3 N–H and O–H groups in total. The molecule has 3 aromatic rings. The van der Waals surface area contributed by atoms with Crippen LogP contribution in [0.3, 0.4) is 0 Å². The van der Waals surface area contributed by atoms with Gasteiger partial charge in [-0.05, 0) is 42.7 Å². The fraction of sp³-hybridized carbons (Fsp3) is 0.286. The highest BCUT2D eigenvalue weighted by molar-refractivity contribution is 5.84. The van der Waals surface area contributed by atoms with Crippen LogP contribution in [-0.4, -0.2) is 23.3 Å². The Morgan fingerprint density at radius 3 is 2.63 bits per heavy atom. The van der Waals surface area contributed by atoms with Gasteiger partial charge in [-0.25, -0.2) is 5.48 Å². The molecule has 0 unspecified atom stereocenters. The van der Waals surface area contributed by atoms with Crippen molar-refractivity contribution in [1.82, 2.24) is 5.48 Å². The molecule has 1 heterocycles. The van der Waals surface area contributed by atoms with Gasteiger partial charge in [0.25, 0.3) is 0 Å². The average Bonchev–Trinajstić information content (AvgIpc) is 3.14. The van der Waals surface area contributed by atoms with E-state index in [2.05, 4.69) is 0 Å². The number of carbonyl (C=O) groups is 1. The third-order valence-corrected chi connectivity index (χ3v) is 4.56. The molecule has 2 aromatic carbocycles. The van der Waals surface area contributed by atoms with E-state index < -0.39 is 12.0 Å². The van der Waals surface area contributed by atoms with Gasteiger partial charge < -0.3 is 14.3 Å². The third kappa shape index (κ3) is 4.67. The molecule has 1 aromatic heterocycles. The van der Waals surface area contributed by atoms with Crippen molar-refractivity contribution >= 4 is 16.9 Å². The third-order valence-electron chi connectivity index (χ3n) is 4.56. The van der Waals surface area contributed by atoms with Gasteiger partial charge in [-0.2, -0.15) is 0 Å². The number of aliphatic hydroxyl groups is 1. The number of hydrogen-bond acceptors (Lipinski definition) is 5. The number of hydroxylamine groups is 1. The van der Waals surface area contributed by atoms with Gasteiger partial charge in [0.05, 0.1) is 13.2 Å². The van der Waals surface area contributed by atoms with E-state index in [0.29, 0.717) is 19.3 Å². The second kappa shape index (κ2) is 8.70. The van der Waals surface area contributed by atoms with Crippen LogP contribution < -0.4 is 10.2 Å². The van der Waals surface area contributed by atoms with Gasteiger partial charge in [-0.3, -0.25) is 10.0 Å². The Bertz CT molecular complexity index is 901. The summed E-state index contributed by atoms with van der Waals surface area (Å²) in [4.78, 5) is 11.0. The highest BCUT2D eigenvalue weighted by Crippen LogP contribution is 2.31. The van der Waals surface area contributed by atoms with Crippen LogP contribution in [0.15, 0.2) is 52.9 Å². The van der Waals surface area contributed by atoms with Crippen LogP contribution in [-0.2, 0) is 4.79 Å². The first-order chi connectivity index (χ1) is 13.1. The number of hydrogen-bond donors (Lipinski definition) is 3. The number of fused-ring (bicyclic) bond motifs is 1. The van der Waals surface area contributed by atoms with Crippen molar-refractivity contribution in [3.8, 4) is 17.1 Å². The Kier molecular flexibility index (Phi) is 6.11. The number of aliphatic hydroxyl groups excluding tert-OH is 1. The molecule has 6 heteroatoms. The summed E-state index contributed by atoms with van der Waals surface area (Å²) in [6.07, 6.45) is 1.53. The molecule has 0 aliphatic rings. The van der Waals surface area contributed by atoms with E-state index in [1.807, 2.05) is 48.5 Å². The Morgan fingerprint density at radius 2 is 1.93 bits per heavy atom. The molecule has 0 fully saturated rings. The minimum Gasteiger partial charge on any atom is -0.497 e. The lowest BCUT2D eigenvalue weighted by molar-refractivity contribution is -0.129. The zero-order valence-corrected chi connectivity index (χ0v) is 15.1. The lowest BCUT2D eigenvalue weighted by Gasteiger charge is -2.11. The van der Waals surface area contributed by atoms with Crippen molar-refractivity contribution in [2.75, 3.05) is 7.11 Å². The highest BCUT2D eigenvalue weighted by Gasteiger charge is 2.11. The maximum atomic E-state index is 11.0. The number of carbonyl (C=O) groups excluding carboxylic acids is 1. The molecular formula is C21H23NO5. The lowest BCUT2D eigenvalue weighted by atomic mass is 10.0. The van der Waals surface area contributed by atoms with Crippen LogP contribution in [0.5, 0.6) is 5.75 Å². The lowest BCUT2D eigenvalue weighted by Crippen LogP contribution is -2.17. The number of amides is 1. The number of benzene rings is 2. The second-order valence-electron chi connectivity index (χ2n) is 6.43. The minimum atomic E-state index is -0.587. The summed E-state index contributed by atoms with van der Waals surface area (Å²) in [5, 5.41) is 19.7. The zero-order valence-electron chi connectivity index (χ0n) is 15.1. The molecule has 0 radical (unpaired) electrons. The Morgan fingerprint density at radius 1 is 1.15 bits per heavy atom. The number of ether oxygens (including phenoxy) is 1. The van der Waals surface area contributed by atoms with Gasteiger partial charge in [0, 0.05) is 17.4 Å². The highest BCUT2D eigenvalue weighted by atomic mass is 16.5. The molecule has 0 bridgehead atoms. The Hall–Kier alpha value is -2.83. The molecule has 6 nitrogen and oxygen atoms in total. The molecule has 0 saturated carbocycles. The van der Waals surface area contributed by atoms with Gasteiger partial charge in [0.15, 0.2) is 0 Å². The topological polar surface area (TPSA) is 91.9 Å². The summed E-state index contributed by atoms with van der Waals surface area (Å²) in [6, 6.07) is 15.3. The molecule has 3 rings (SSSR count). The SMILES string of the molecule is COc1ccc2oc(-c3ccc([C@H](O)CCCCC(=O)NO)cc3)cc2c1. The standard InChI is InChI=1S/C21H23NO5/c1-26-17-10-11-19-16(12-17)13-20(27-19)15-8-6-14(7-9-15)18(23)4-2-3-5-21(24)22-25/h6-13,18,23,25H,2-5H2,1H3,(H,22,24)/t18-/m1/s1. The summed E-state index contributed by atoms with van der Waals surface area (Å²) in [6.45, 7) is 0. The van der Waals surface area contributed by atoms with Gasteiger partial charge >= 0.3 is 0 Å². The van der Waals surface area contributed by atoms with Crippen LogP contribution in [0.4, 0.5) is 0 Å². The Labute approximate surface area is 157 Å². The van der Waals surface area contributed by atoms with Crippen LogP contribution in [0.1, 0.15) is 37.4 Å². The number of nitrogens with one attached hydrogen (secondary N) is 1. The maximum absolute atomic E-state index is 11.0. The molecule has 0 saturated heterocycles. The number of furan rings is 1. The van der Waals surface area contributed by atoms with Crippen LogP contribution in [0.25, 0.3) is 22.3 Å². The predicted octanol–water partition coefficient (Wildman–Crippen LogP) is 4.21. The van der Waals surface area contributed by atoms with E-state index in [4.69, 9.17) is 14.4 Å². The van der Waals surface area contributed by atoms with Crippen molar-refractivity contribution in [3.63, 3.8) is 0 Å². The van der Waals surface area contributed by atoms with Crippen molar-refractivity contribution in [1.29, 1.82) is 0 Å². The summed E-state index contributed by atoms with van der Waals surface area (Å²) < 4.78 is 11.1. The monoisotopic (exact) mass is 369 g/mol. The van der Waals surface area contributed by atoms with Crippen LogP contribution >= 0.6 is 0 Å².